The third-order valence-electron chi connectivity index (χ3n) is 3.77. The van der Waals surface area contributed by atoms with Gasteiger partial charge < -0.3 is 14.5 Å². The van der Waals surface area contributed by atoms with E-state index >= 15 is 0 Å². The quantitative estimate of drug-likeness (QED) is 0.320. The molecule has 1 aromatic rings. The molecule has 7 heteroatoms. The molecule has 1 rings (SSSR count). The molecule has 1 unspecified atom stereocenters. The van der Waals surface area contributed by atoms with E-state index in [1.165, 1.54) is 0 Å². The number of halogens is 1. The Morgan fingerprint density at radius 3 is 2.57 bits per heavy atom. The molecule has 0 radical (unpaired) electrons. The maximum atomic E-state index is 11.8. The van der Waals surface area contributed by atoms with E-state index in [4.69, 9.17) is 9.16 Å². The van der Waals surface area contributed by atoms with Gasteiger partial charge in [0, 0.05) is 16.8 Å². The van der Waals surface area contributed by atoms with Crippen LogP contribution >= 0.6 is 15.9 Å². The predicted molar refractivity (Wildman–Crippen MR) is 98.6 cm³/mol. The minimum absolute atomic E-state index is 0.0708. The van der Waals surface area contributed by atoms with Crippen molar-refractivity contribution in [3.8, 4) is 0 Å². The second-order valence-electron chi connectivity index (χ2n) is 6.44. The predicted octanol–water partition coefficient (Wildman–Crippen LogP) is 4.26. The van der Waals surface area contributed by atoms with E-state index in [-0.39, 0.29) is 10.8 Å². The van der Waals surface area contributed by atoms with Gasteiger partial charge in [-0.25, -0.2) is 9.78 Å². The molecular weight excluding hydrogens is 376 g/mol. The van der Waals surface area contributed by atoms with Crippen LogP contribution in [0.5, 0.6) is 0 Å². The highest BCUT2D eigenvalue weighted by Crippen LogP contribution is 2.38. The number of anilines is 1. The van der Waals surface area contributed by atoms with Gasteiger partial charge >= 0.3 is 5.97 Å². The van der Waals surface area contributed by atoms with Gasteiger partial charge in [0.05, 0.1) is 6.61 Å². The molecule has 0 aliphatic carbocycles. The summed E-state index contributed by atoms with van der Waals surface area (Å²) in [6.45, 7) is 14.2. The number of pyridine rings is 1. The summed E-state index contributed by atoms with van der Waals surface area (Å²) in [5.74, 6) is 0.334. The normalized spacial score (nSPS) is 13.8. The molecule has 0 saturated carbocycles. The van der Waals surface area contributed by atoms with Crippen molar-refractivity contribution in [1.82, 2.24) is 4.98 Å². The highest BCUT2D eigenvalue weighted by atomic mass is 79.9. The number of nitrogens with zero attached hydrogens (tertiary/aromatic N) is 1. The lowest BCUT2D eigenvalue weighted by molar-refractivity contribution is -0.141. The van der Waals surface area contributed by atoms with Crippen LogP contribution in [0.25, 0.3) is 0 Å². The number of rotatable bonds is 7. The first-order valence-electron chi connectivity index (χ1n) is 7.49. The molecular formula is C16H25BrN2O3Si. The Morgan fingerprint density at radius 2 is 2.09 bits per heavy atom. The van der Waals surface area contributed by atoms with Gasteiger partial charge in [-0.15, -0.1) is 0 Å². The SMILES string of the molecule is C=C(O[Si](C)(CNc1ccc(Br)cn1)C(C)(C)C)C(=O)OCC. The second-order valence-corrected chi connectivity index (χ2v) is 11.9. The highest BCUT2D eigenvalue weighted by molar-refractivity contribution is 9.10. The number of nitrogens with one attached hydrogen (secondary N) is 1. The topological polar surface area (TPSA) is 60.5 Å². The van der Waals surface area contributed by atoms with Gasteiger partial charge in [-0.2, -0.15) is 0 Å². The van der Waals surface area contributed by atoms with Crippen LogP contribution in [0.4, 0.5) is 5.82 Å². The monoisotopic (exact) mass is 400 g/mol. The van der Waals surface area contributed by atoms with Gasteiger partial charge in [0.1, 0.15) is 5.82 Å². The Balaban J connectivity index is 2.84. The van der Waals surface area contributed by atoms with Crippen LogP contribution in [0.15, 0.2) is 35.1 Å². The standard InChI is InChI=1S/C16H25BrN2O3Si/c1-7-21-15(20)12(2)22-23(6,16(3,4)5)11-19-14-9-8-13(17)10-18-14/h8-10H,2,7,11H2,1,3-6H3,(H,18,19). The zero-order valence-electron chi connectivity index (χ0n) is 14.4. The number of esters is 1. The van der Waals surface area contributed by atoms with Crippen molar-refractivity contribution in [2.75, 3.05) is 18.1 Å². The van der Waals surface area contributed by atoms with E-state index in [2.05, 4.69) is 60.1 Å². The third-order valence-corrected chi connectivity index (χ3v) is 8.96. The molecule has 1 heterocycles. The Hall–Kier alpha value is -1.34. The highest BCUT2D eigenvalue weighted by Gasteiger charge is 2.45. The van der Waals surface area contributed by atoms with Crippen molar-refractivity contribution < 1.29 is 14.0 Å². The van der Waals surface area contributed by atoms with Crippen LogP contribution in [0.1, 0.15) is 27.7 Å². The van der Waals surface area contributed by atoms with Crippen LogP contribution in [-0.2, 0) is 14.0 Å². The van der Waals surface area contributed by atoms with Crippen molar-refractivity contribution in [2.45, 2.75) is 39.3 Å². The van der Waals surface area contributed by atoms with Crippen molar-refractivity contribution in [3.63, 3.8) is 0 Å². The van der Waals surface area contributed by atoms with E-state index in [0.29, 0.717) is 12.8 Å². The van der Waals surface area contributed by atoms with Gasteiger partial charge in [0.15, 0.2) is 5.76 Å². The number of hydrogen-bond donors (Lipinski definition) is 1. The fourth-order valence-electron chi connectivity index (χ4n) is 1.72. The van der Waals surface area contributed by atoms with Gasteiger partial charge in [0.2, 0.25) is 0 Å². The first kappa shape index (κ1) is 19.7. The number of aromatic nitrogens is 1. The molecule has 23 heavy (non-hydrogen) atoms. The smallest absolute Gasteiger partial charge is 0.371 e. The lowest BCUT2D eigenvalue weighted by Crippen LogP contribution is -2.51. The summed E-state index contributed by atoms with van der Waals surface area (Å²) < 4.78 is 11.9. The van der Waals surface area contributed by atoms with Gasteiger partial charge in [-0.1, -0.05) is 27.4 Å². The summed E-state index contributed by atoms with van der Waals surface area (Å²) >= 11 is 3.36. The summed E-state index contributed by atoms with van der Waals surface area (Å²) in [4.78, 5) is 16.1. The fourth-order valence-corrected chi connectivity index (χ4v) is 4.01. The molecule has 1 atom stereocenters. The molecule has 5 nitrogen and oxygen atoms in total. The Morgan fingerprint density at radius 1 is 1.43 bits per heavy atom. The molecule has 0 bridgehead atoms. The van der Waals surface area contributed by atoms with E-state index < -0.39 is 14.3 Å². The van der Waals surface area contributed by atoms with Crippen molar-refractivity contribution in [2.24, 2.45) is 0 Å². The van der Waals surface area contributed by atoms with Crippen LogP contribution < -0.4 is 5.32 Å². The van der Waals surface area contributed by atoms with Crippen LogP contribution in [0.3, 0.4) is 0 Å². The average molecular weight is 401 g/mol. The van der Waals surface area contributed by atoms with Crippen LogP contribution in [0.2, 0.25) is 11.6 Å². The maximum absolute atomic E-state index is 11.8. The summed E-state index contributed by atoms with van der Waals surface area (Å²) in [5, 5.41) is 3.20. The third kappa shape index (κ3) is 5.66. The fraction of sp³-hybridized carbons (Fsp3) is 0.500. The molecule has 0 saturated heterocycles. The number of carbonyl (C=O) groups excluding carboxylic acids is 1. The minimum atomic E-state index is -2.37. The molecule has 1 N–H and O–H groups in total. The maximum Gasteiger partial charge on any atom is 0.371 e. The number of hydrogen-bond acceptors (Lipinski definition) is 5. The van der Waals surface area contributed by atoms with Crippen molar-refractivity contribution in [3.05, 3.63) is 35.1 Å². The lowest BCUT2D eigenvalue weighted by Gasteiger charge is -2.39. The minimum Gasteiger partial charge on any atom is -0.537 e. The molecule has 0 spiro atoms. The largest absolute Gasteiger partial charge is 0.537 e. The van der Waals surface area contributed by atoms with Gasteiger partial charge in [-0.3, -0.25) is 0 Å². The Labute approximate surface area is 147 Å². The molecule has 1 aromatic heterocycles. The summed E-state index contributed by atoms with van der Waals surface area (Å²) in [7, 11) is -2.37. The summed E-state index contributed by atoms with van der Waals surface area (Å²) in [6, 6.07) is 3.81. The zero-order valence-corrected chi connectivity index (χ0v) is 17.0. The average Bonchev–Trinajstić information content (AvgIpc) is 2.45. The molecule has 0 aromatic carbocycles. The van der Waals surface area contributed by atoms with E-state index in [1.54, 1.807) is 13.1 Å². The molecule has 0 aliphatic rings. The van der Waals surface area contributed by atoms with Gasteiger partial charge in [-0.05, 0) is 46.6 Å². The van der Waals surface area contributed by atoms with Crippen molar-refractivity contribution in [1.29, 1.82) is 0 Å². The summed E-state index contributed by atoms with van der Waals surface area (Å²) in [6.07, 6.45) is 2.33. The zero-order chi connectivity index (χ0) is 17.7. The van der Waals surface area contributed by atoms with Crippen LogP contribution in [-0.4, -0.2) is 32.0 Å². The van der Waals surface area contributed by atoms with E-state index in [0.717, 1.165) is 10.3 Å². The number of carbonyl (C=O) groups is 1. The first-order valence-corrected chi connectivity index (χ1v) is 10.9. The van der Waals surface area contributed by atoms with E-state index in [1.807, 2.05) is 12.1 Å². The van der Waals surface area contributed by atoms with E-state index in [9.17, 15) is 4.79 Å². The molecule has 0 aliphatic heterocycles. The molecule has 0 amide bonds. The lowest BCUT2D eigenvalue weighted by atomic mass is 10.2. The molecule has 0 fully saturated rings. The summed E-state index contributed by atoms with van der Waals surface area (Å²) in [5.41, 5.74) is 0. The number of ether oxygens (including phenoxy) is 1. The Bertz CT molecular complexity index is 557. The van der Waals surface area contributed by atoms with Gasteiger partial charge in [0.25, 0.3) is 8.32 Å². The second kappa shape index (κ2) is 7.96. The van der Waals surface area contributed by atoms with Crippen LogP contribution in [0, 0.1) is 0 Å². The van der Waals surface area contributed by atoms with Crippen molar-refractivity contribution >= 4 is 36.0 Å². The molecule has 128 valence electrons. The Kier molecular flexibility index (Phi) is 6.82. The first-order chi connectivity index (χ1) is 10.6.